The van der Waals surface area contributed by atoms with E-state index in [9.17, 15) is 4.79 Å². The van der Waals surface area contributed by atoms with E-state index in [1.54, 1.807) is 18.5 Å². The molecule has 0 unspecified atom stereocenters. The van der Waals surface area contributed by atoms with Crippen LogP contribution in [0.25, 0.3) is 0 Å². The molecule has 2 heterocycles. The average Bonchev–Trinajstić information content (AvgIpc) is 3.03. The molecule has 0 aliphatic rings. The van der Waals surface area contributed by atoms with E-state index in [1.807, 2.05) is 26.2 Å². The molecule has 0 radical (unpaired) electrons. The number of nitrogens with one attached hydrogen (secondary N) is 2. The molecule has 0 fully saturated rings. The fourth-order valence-electron chi connectivity index (χ4n) is 1.84. The molecule has 22 heavy (non-hydrogen) atoms. The summed E-state index contributed by atoms with van der Waals surface area (Å²) in [4.78, 5) is 22.4. The number of carbonyl (C=O) groups excluding carboxylic acids is 1. The zero-order chi connectivity index (χ0) is 15.8. The molecule has 2 aromatic rings. The van der Waals surface area contributed by atoms with Crippen molar-refractivity contribution in [2.75, 3.05) is 32.5 Å². The maximum atomic E-state index is 12.0. The summed E-state index contributed by atoms with van der Waals surface area (Å²) < 4.78 is 5.22. The van der Waals surface area contributed by atoms with Crippen molar-refractivity contribution in [1.82, 2.24) is 20.2 Å². The second-order valence-corrected chi connectivity index (χ2v) is 5.11. The Kier molecular flexibility index (Phi) is 5.91. The maximum absolute atomic E-state index is 12.0. The van der Waals surface area contributed by atoms with Gasteiger partial charge in [0.05, 0.1) is 12.8 Å². The van der Waals surface area contributed by atoms with E-state index in [4.69, 9.17) is 4.42 Å². The van der Waals surface area contributed by atoms with Crippen molar-refractivity contribution in [3.8, 4) is 0 Å². The van der Waals surface area contributed by atoms with Gasteiger partial charge in [0.2, 0.25) is 5.95 Å². The van der Waals surface area contributed by atoms with Gasteiger partial charge in [-0.25, -0.2) is 9.97 Å². The number of hydrogen-bond acceptors (Lipinski definition) is 6. The molecule has 7 nitrogen and oxygen atoms in total. The van der Waals surface area contributed by atoms with Crippen molar-refractivity contribution in [3.63, 3.8) is 0 Å². The van der Waals surface area contributed by atoms with Crippen LogP contribution in [0.4, 0.5) is 5.95 Å². The van der Waals surface area contributed by atoms with E-state index in [0.29, 0.717) is 24.7 Å². The van der Waals surface area contributed by atoms with Gasteiger partial charge < -0.3 is 20.0 Å². The lowest BCUT2D eigenvalue weighted by Gasteiger charge is -2.10. The molecule has 0 atom stereocenters. The third-order valence-corrected chi connectivity index (χ3v) is 2.96. The molecular weight excluding hydrogens is 282 g/mol. The zero-order valence-electron chi connectivity index (χ0n) is 12.9. The molecule has 0 spiro atoms. The highest BCUT2D eigenvalue weighted by molar-refractivity contribution is 5.92. The lowest BCUT2D eigenvalue weighted by atomic mass is 10.3. The molecule has 2 aromatic heterocycles. The third kappa shape index (κ3) is 5.17. The topological polar surface area (TPSA) is 83.3 Å². The van der Waals surface area contributed by atoms with E-state index in [-0.39, 0.29) is 5.91 Å². The Bertz CT molecular complexity index is 583. The van der Waals surface area contributed by atoms with Gasteiger partial charge in [-0.2, -0.15) is 0 Å². The first-order chi connectivity index (χ1) is 10.6. The van der Waals surface area contributed by atoms with Crippen molar-refractivity contribution in [2.45, 2.75) is 13.0 Å². The predicted molar refractivity (Wildman–Crippen MR) is 83.6 cm³/mol. The molecule has 1 amide bonds. The number of furan rings is 1. The number of nitrogens with zero attached hydrogens (tertiary/aromatic N) is 3. The fourth-order valence-corrected chi connectivity index (χ4v) is 1.84. The standard InChI is InChI=1S/C15H21N5O2/c1-20(2)9-4-7-16-14(21)13-6-8-17-15(19-13)18-11-12-5-3-10-22-12/h3,5-6,8,10H,4,7,9,11H2,1-2H3,(H,16,21)(H,17,18,19). The van der Waals surface area contributed by atoms with Crippen molar-refractivity contribution < 1.29 is 9.21 Å². The van der Waals surface area contributed by atoms with Crippen LogP contribution in [0.15, 0.2) is 35.1 Å². The van der Waals surface area contributed by atoms with Crippen LogP contribution in [-0.2, 0) is 6.54 Å². The van der Waals surface area contributed by atoms with Crippen LogP contribution in [0.1, 0.15) is 22.7 Å². The second kappa shape index (κ2) is 8.14. The summed E-state index contributed by atoms with van der Waals surface area (Å²) in [5.41, 5.74) is 0.349. The fraction of sp³-hybridized carbons (Fsp3) is 0.400. The van der Waals surface area contributed by atoms with Crippen LogP contribution < -0.4 is 10.6 Å². The number of aromatic nitrogens is 2. The number of hydrogen-bond donors (Lipinski definition) is 2. The highest BCUT2D eigenvalue weighted by atomic mass is 16.3. The highest BCUT2D eigenvalue weighted by Crippen LogP contribution is 2.05. The SMILES string of the molecule is CN(C)CCCNC(=O)c1ccnc(NCc2ccco2)n1. The Morgan fingerprint density at radius 3 is 2.95 bits per heavy atom. The highest BCUT2D eigenvalue weighted by Gasteiger charge is 2.08. The summed E-state index contributed by atoms with van der Waals surface area (Å²) in [5.74, 6) is 0.988. The summed E-state index contributed by atoms with van der Waals surface area (Å²) >= 11 is 0. The molecule has 118 valence electrons. The van der Waals surface area contributed by atoms with Crippen LogP contribution in [-0.4, -0.2) is 48.0 Å². The van der Waals surface area contributed by atoms with Crippen LogP contribution >= 0.6 is 0 Å². The first kappa shape index (κ1) is 16.0. The third-order valence-electron chi connectivity index (χ3n) is 2.96. The Labute approximate surface area is 129 Å². The van der Waals surface area contributed by atoms with E-state index in [0.717, 1.165) is 18.7 Å². The van der Waals surface area contributed by atoms with Crippen molar-refractivity contribution >= 4 is 11.9 Å². The van der Waals surface area contributed by atoms with E-state index in [2.05, 4.69) is 25.5 Å². The Balaban J connectivity index is 1.83. The van der Waals surface area contributed by atoms with Gasteiger partial charge in [-0.05, 0) is 45.3 Å². The van der Waals surface area contributed by atoms with E-state index >= 15 is 0 Å². The first-order valence-corrected chi connectivity index (χ1v) is 7.17. The van der Waals surface area contributed by atoms with E-state index in [1.165, 1.54) is 0 Å². The van der Waals surface area contributed by atoms with Crippen LogP contribution in [0.2, 0.25) is 0 Å². The molecule has 0 aliphatic heterocycles. The van der Waals surface area contributed by atoms with E-state index < -0.39 is 0 Å². The summed E-state index contributed by atoms with van der Waals surface area (Å²) in [7, 11) is 4.01. The largest absolute Gasteiger partial charge is 0.467 e. The summed E-state index contributed by atoms with van der Waals surface area (Å²) in [6, 6.07) is 5.27. The van der Waals surface area contributed by atoms with Gasteiger partial charge in [0.15, 0.2) is 0 Å². The number of carbonyl (C=O) groups is 1. The second-order valence-electron chi connectivity index (χ2n) is 5.11. The molecule has 0 bridgehead atoms. The summed E-state index contributed by atoms with van der Waals surface area (Å²) in [6.07, 6.45) is 4.06. The van der Waals surface area contributed by atoms with Gasteiger partial charge in [0, 0.05) is 12.7 Å². The Morgan fingerprint density at radius 2 is 2.23 bits per heavy atom. The van der Waals surface area contributed by atoms with Crippen LogP contribution in [0.3, 0.4) is 0 Å². The van der Waals surface area contributed by atoms with Crippen molar-refractivity contribution in [3.05, 3.63) is 42.1 Å². The van der Waals surface area contributed by atoms with Crippen LogP contribution in [0, 0.1) is 0 Å². The first-order valence-electron chi connectivity index (χ1n) is 7.17. The lowest BCUT2D eigenvalue weighted by Crippen LogP contribution is -2.28. The van der Waals surface area contributed by atoms with Crippen molar-refractivity contribution in [2.24, 2.45) is 0 Å². The number of rotatable bonds is 8. The summed E-state index contributed by atoms with van der Waals surface area (Å²) in [6.45, 7) is 2.02. The van der Waals surface area contributed by atoms with Gasteiger partial charge in [0.25, 0.3) is 5.91 Å². The molecule has 0 aliphatic carbocycles. The molecule has 2 N–H and O–H groups in total. The normalized spacial score (nSPS) is 10.7. The smallest absolute Gasteiger partial charge is 0.270 e. The number of anilines is 1. The van der Waals surface area contributed by atoms with Gasteiger partial charge in [0.1, 0.15) is 11.5 Å². The quantitative estimate of drug-likeness (QED) is 0.717. The molecular formula is C15H21N5O2. The molecule has 2 rings (SSSR count). The Morgan fingerprint density at radius 1 is 1.36 bits per heavy atom. The molecule has 7 heteroatoms. The minimum absolute atomic E-state index is 0.192. The monoisotopic (exact) mass is 303 g/mol. The average molecular weight is 303 g/mol. The lowest BCUT2D eigenvalue weighted by molar-refractivity contribution is 0.0947. The minimum atomic E-state index is -0.192. The Hall–Kier alpha value is -2.41. The molecule has 0 saturated heterocycles. The zero-order valence-corrected chi connectivity index (χ0v) is 12.9. The molecule has 0 aromatic carbocycles. The van der Waals surface area contributed by atoms with Gasteiger partial charge in [-0.3, -0.25) is 4.79 Å². The minimum Gasteiger partial charge on any atom is -0.467 e. The predicted octanol–water partition coefficient (Wildman–Crippen LogP) is 1.36. The summed E-state index contributed by atoms with van der Waals surface area (Å²) in [5, 5.41) is 5.87. The van der Waals surface area contributed by atoms with Gasteiger partial charge in [-0.15, -0.1) is 0 Å². The van der Waals surface area contributed by atoms with Crippen LogP contribution in [0.5, 0.6) is 0 Å². The molecule has 0 saturated carbocycles. The van der Waals surface area contributed by atoms with Gasteiger partial charge in [-0.1, -0.05) is 0 Å². The van der Waals surface area contributed by atoms with Gasteiger partial charge >= 0.3 is 0 Å². The maximum Gasteiger partial charge on any atom is 0.270 e. The van der Waals surface area contributed by atoms with Crippen molar-refractivity contribution in [1.29, 1.82) is 0 Å². The number of amides is 1.